The Labute approximate surface area is 411 Å². The van der Waals surface area contributed by atoms with E-state index in [2.05, 4.69) is 49.4 Å². The van der Waals surface area contributed by atoms with Crippen LogP contribution in [0.15, 0.2) is 60.7 Å². The van der Waals surface area contributed by atoms with Gasteiger partial charge in [-0.3, -0.25) is 40.9 Å². The first kappa shape index (κ1) is 55.6. The Bertz CT molecular complexity index is 2050. The topological polar surface area (TPSA) is 197 Å². The number of aryl methyl sites for hydroxylation is 4. The Morgan fingerprint density at radius 3 is 0.928 bits per heavy atom. The predicted octanol–water partition coefficient (Wildman–Crippen LogP) is 12.3. The van der Waals surface area contributed by atoms with E-state index in [0.717, 1.165) is 128 Å². The molecule has 0 saturated carbocycles. The summed E-state index contributed by atoms with van der Waals surface area (Å²) in [6.45, 7) is 8.65. The van der Waals surface area contributed by atoms with E-state index in [1.165, 1.54) is 24.3 Å². The largest absolute Gasteiger partial charge is 0.507 e. The standard InChI is InChI=1S/C57H80N4O8/c1-5-9-13-17-21-25-42-36-46(37-43(52(42)64)26-22-18-14-10-6-2)54(66)58-60-56(68)48-34-40(29-31-50(48)62)33-41-30-32-51(63)49(35-41)57(69)61-59-55(67)47-38-44(27-23-19-15-11-7-3)53(65)45(39-47)28-24-20-16-12-8-4/h29-32,34-39,62-65H,5-28,33H2,1-4H3,(H,58,66)(H,59,67)(H,60,68)(H,61,69). The van der Waals surface area contributed by atoms with Gasteiger partial charge in [0, 0.05) is 11.1 Å². The minimum Gasteiger partial charge on any atom is -0.507 e. The first-order valence-corrected chi connectivity index (χ1v) is 25.9. The third-order valence-corrected chi connectivity index (χ3v) is 12.9. The van der Waals surface area contributed by atoms with Crippen LogP contribution in [-0.4, -0.2) is 44.1 Å². The molecular formula is C57H80N4O8. The molecule has 0 saturated heterocycles. The van der Waals surface area contributed by atoms with Gasteiger partial charge in [-0.2, -0.15) is 0 Å². The smallest absolute Gasteiger partial charge is 0.273 e. The normalized spacial score (nSPS) is 11.1. The van der Waals surface area contributed by atoms with Crippen molar-refractivity contribution in [3.8, 4) is 23.0 Å². The van der Waals surface area contributed by atoms with E-state index < -0.39 is 23.6 Å². The van der Waals surface area contributed by atoms with Crippen LogP contribution >= 0.6 is 0 Å². The molecule has 4 aromatic carbocycles. The first-order valence-electron chi connectivity index (χ1n) is 25.9. The predicted molar refractivity (Wildman–Crippen MR) is 275 cm³/mol. The molecule has 12 nitrogen and oxygen atoms in total. The molecule has 4 aromatic rings. The van der Waals surface area contributed by atoms with Crippen molar-refractivity contribution in [2.24, 2.45) is 0 Å². The monoisotopic (exact) mass is 949 g/mol. The van der Waals surface area contributed by atoms with E-state index >= 15 is 0 Å². The number of amides is 4. The Hall–Kier alpha value is -6.04. The third kappa shape index (κ3) is 18.4. The molecule has 0 radical (unpaired) electrons. The summed E-state index contributed by atoms with van der Waals surface area (Å²) in [4.78, 5) is 53.8. The first-order chi connectivity index (χ1) is 33.4. The summed E-state index contributed by atoms with van der Waals surface area (Å²) in [5.41, 5.74) is 14.3. The van der Waals surface area contributed by atoms with E-state index in [9.17, 15) is 39.6 Å². The molecule has 0 spiro atoms. The lowest BCUT2D eigenvalue weighted by molar-refractivity contribution is 0.0844. The second kappa shape index (κ2) is 30.4. The molecule has 12 heteroatoms. The fraction of sp³-hybridized carbons (Fsp3) is 0.509. The number of benzene rings is 4. The maximum atomic E-state index is 13.5. The van der Waals surface area contributed by atoms with Gasteiger partial charge in [-0.1, -0.05) is 143 Å². The van der Waals surface area contributed by atoms with Crippen molar-refractivity contribution in [1.82, 2.24) is 21.7 Å². The number of carbonyl (C=O) groups is 4. The quantitative estimate of drug-likeness (QED) is 0.0187. The van der Waals surface area contributed by atoms with Gasteiger partial charge in [0.15, 0.2) is 0 Å². The molecular weight excluding hydrogens is 869 g/mol. The molecule has 4 rings (SSSR count). The van der Waals surface area contributed by atoms with E-state index in [1.54, 1.807) is 36.4 Å². The summed E-state index contributed by atoms with van der Waals surface area (Å²) >= 11 is 0. The van der Waals surface area contributed by atoms with Crippen LogP contribution in [0.1, 0.15) is 231 Å². The maximum Gasteiger partial charge on any atom is 0.273 e. The molecule has 4 amide bonds. The number of hydrogen-bond donors (Lipinski definition) is 8. The van der Waals surface area contributed by atoms with Gasteiger partial charge < -0.3 is 20.4 Å². The average molecular weight is 949 g/mol. The number of carbonyl (C=O) groups excluding carboxylic acids is 4. The fourth-order valence-corrected chi connectivity index (χ4v) is 8.71. The molecule has 0 atom stereocenters. The molecule has 0 fully saturated rings. The zero-order valence-electron chi connectivity index (χ0n) is 41.9. The van der Waals surface area contributed by atoms with Crippen LogP contribution in [-0.2, 0) is 32.1 Å². The molecule has 69 heavy (non-hydrogen) atoms. The average Bonchev–Trinajstić information content (AvgIpc) is 3.34. The van der Waals surface area contributed by atoms with Gasteiger partial charge in [0.2, 0.25) is 0 Å². The lowest BCUT2D eigenvalue weighted by Crippen LogP contribution is -2.41. The zero-order valence-corrected chi connectivity index (χ0v) is 41.9. The number of hydrogen-bond acceptors (Lipinski definition) is 8. The zero-order chi connectivity index (χ0) is 50.0. The molecule has 0 aliphatic heterocycles. The Morgan fingerprint density at radius 2 is 0.638 bits per heavy atom. The van der Waals surface area contributed by atoms with Crippen LogP contribution in [0.25, 0.3) is 0 Å². The van der Waals surface area contributed by atoms with Gasteiger partial charge in [0.05, 0.1) is 11.1 Å². The van der Waals surface area contributed by atoms with Gasteiger partial charge in [0.1, 0.15) is 23.0 Å². The minimum atomic E-state index is -0.748. The summed E-state index contributed by atoms with van der Waals surface area (Å²) in [6.07, 6.45) is 24.0. The molecule has 8 N–H and O–H groups in total. The Balaban J connectivity index is 1.42. The SMILES string of the molecule is CCCCCCCc1cc(C(=O)NNC(=O)c2cc(Cc3ccc(O)c(C(=O)NNC(=O)c4cc(CCCCCCC)c(O)c(CCCCCCC)c4)c3)ccc2O)cc(CCCCCCC)c1O. The van der Waals surface area contributed by atoms with Crippen molar-refractivity contribution in [3.63, 3.8) is 0 Å². The summed E-state index contributed by atoms with van der Waals surface area (Å²) in [7, 11) is 0. The number of phenols is 4. The molecule has 0 aromatic heterocycles. The molecule has 0 aliphatic carbocycles. The highest BCUT2D eigenvalue weighted by molar-refractivity contribution is 6.02. The molecule has 376 valence electrons. The molecule has 0 unspecified atom stereocenters. The van der Waals surface area contributed by atoms with Gasteiger partial charge in [0.25, 0.3) is 23.6 Å². The molecule has 0 heterocycles. The highest BCUT2D eigenvalue weighted by atomic mass is 16.3. The lowest BCUT2D eigenvalue weighted by atomic mass is 9.95. The summed E-state index contributed by atoms with van der Waals surface area (Å²) < 4.78 is 0. The van der Waals surface area contributed by atoms with E-state index in [-0.39, 0.29) is 40.5 Å². The third-order valence-electron chi connectivity index (χ3n) is 12.9. The fourth-order valence-electron chi connectivity index (χ4n) is 8.71. The van der Waals surface area contributed by atoms with Crippen molar-refractivity contribution in [3.05, 3.63) is 116 Å². The highest BCUT2D eigenvalue weighted by Crippen LogP contribution is 2.31. The summed E-state index contributed by atoms with van der Waals surface area (Å²) in [6, 6.07) is 15.7. The second-order valence-electron chi connectivity index (χ2n) is 18.6. The maximum absolute atomic E-state index is 13.5. The van der Waals surface area contributed by atoms with Crippen LogP contribution in [0.3, 0.4) is 0 Å². The Morgan fingerprint density at radius 1 is 0.362 bits per heavy atom. The molecule has 0 aliphatic rings. The van der Waals surface area contributed by atoms with E-state index in [0.29, 0.717) is 70.2 Å². The number of rotatable bonds is 30. The number of unbranched alkanes of at least 4 members (excludes halogenated alkanes) is 16. The Kier molecular flexibility index (Phi) is 24.5. The van der Waals surface area contributed by atoms with Crippen LogP contribution < -0.4 is 21.7 Å². The van der Waals surface area contributed by atoms with Crippen LogP contribution in [0.4, 0.5) is 0 Å². The van der Waals surface area contributed by atoms with Crippen LogP contribution in [0.2, 0.25) is 0 Å². The molecule has 0 bridgehead atoms. The van der Waals surface area contributed by atoms with E-state index in [1.807, 2.05) is 0 Å². The van der Waals surface area contributed by atoms with Crippen molar-refractivity contribution < 1.29 is 39.6 Å². The number of hydrazine groups is 2. The van der Waals surface area contributed by atoms with Gasteiger partial charge >= 0.3 is 0 Å². The van der Waals surface area contributed by atoms with Crippen molar-refractivity contribution in [2.75, 3.05) is 0 Å². The van der Waals surface area contributed by atoms with Crippen LogP contribution in [0, 0.1) is 0 Å². The second-order valence-corrected chi connectivity index (χ2v) is 18.6. The number of phenolic OH excluding ortho intramolecular Hbond substituents is 4. The van der Waals surface area contributed by atoms with E-state index in [4.69, 9.17) is 0 Å². The van der Waals surface area contributed by atoms with Crippen molar-refractivity contribution in [2.45, 2.75) is 188 Å². The number of nitrogens with one attached hydrogen (secondary N) is 4. The van der Waals surface area contributed by atoms with Crippen molar-refractivity contribution in [1.29, 1.82) is 0 Å². The minimum absolute atomic E-state index is 0.0907. The summed E-state index contributed by atoms with van der Waals surface area (Å²) in [5, 5.41) is 43.8. The van der Waals surface area contributed by atoms with Gasteiger partial charge in [-0.15, -0.1) is 0 Å². The van der Waals surface area contributed by atoms with Gasteiger partial charge in [-0.05, 0) is 140 Å². The summed E-state index contributed by atoms with van der Waals surface area (Å²) in [5.74, 6) is -2.75. The lowest BCUT2D eigenvalue weighted by Gasteiger charge is -2.15. The number of aromatic hydroxyl groups is 4. The van der Waals surface area contributed by atoms with Gasteiger partial charge in [-0.25, -0.2) is 0 Å². The van der Waals surface area contributed by atoms with Crippen LogP contribution in [0.5, 0.6) is 23.0 Å². The highest BCUT2D eigenvalue weighted by Gasteiger charge is 2.20. The van der Waals surface area contributed by atoms with Crippen molar-refractivity contribution >= 4 is 23.6 Å².